The van der Waals surface area contributed by atoms with Crippen LogP contribution in [0.1, 0.15) is 27.6 Å². The predicted octanol–water partition coefficient (Wildman–Crippen LogP) is 3.69. The molecule has 1 N–H and O–H groups in total. The fourth-order valence-electron chi connectivity index (χ4n) is 2.22. The molecule has 0 amide bonds. The van der Waals surface area contributed by atoms with Gasteiger partial charge in [0.25, 0.3) is 0 Å². The maximum absolute atomic E-state index is 12.2. The van der Waals surface area contributed by atoms with Gasteiger partial charge in [0.1, 0.15) is 0 Å². The summed E-state index contributed by atoms with van der Waals surface area (Å²) in [6.45, 7) is 2.09. The van der Waals surface area contributed by atoms with Crippen LogP contribution in [-0.4, -0.2) is 32.6 Å². The number of hydrogen-bond acceptors (Lipinski definition) is 6. The van der Waals surface area contributed by atoms with Crippen molar-refractivity contribution in [3.05, 3.63) is 65.9 Å². The number of ketones is 1. The van der Waals surface area contributed by atoms with Gasteiger partial charge in [-0.3, -0.25) is 4.79 Å². The molecule has 0 fully saturated rings. The third-order valence-corrected chi connectivity index (χ3v) is 3.55. The van der Waals surface area contributed by atoms with Crippen LogP contribution in [-0.2, 0) is 4.74 Å². The van der Waals surface area contributed by atoms with E-state index in [1.807, 2.05) is 0 Å². The van der Waals surface area contributed by atoms with Gasteiger partial charge in [-0.1, -0.05) is 0 Å². The molecule has 0 bridgehead atoms. The molecule has 26 heavy (non-hydrogen) atoms. The summed E-state index contributed by atoms with van der Waals surface area (Å²) in [5.41, 5.74) is 1.70. The fourth-order valence-corrected chi connectivity index (χ4v) is 2.22. The number of methoxy groups -OCH3 is 2. The van der Waals surface area contributed by atoms with Gasteiger partial charge in [0.15, 0.2) is 17.3 Å². The lowest BCUT2D eigenvalue weighted by Crippen LogP contribution is -2.04. The van der Waals surface area contributed by atoms with Crippen LogP contribution in [0.3, 0.4) is 0 Å². The molecule has 0 aliphatic carbocycles. The smallest absolute Gasteiger partial charge is 0.338 e. The average Bonchev–Trinajstić information content (AvgIpc) is 2.68. The van der Waals surface area contributed by atoms with Gasteiger partial charge in [-0.05, 0) is 49.4 Å². The van der Waals surface area contributed by atoms with Crippen molar-refractivity contribution in [1.29, 1.82) is 0 Å². The first kappa shape index (κ1) is 19.1. The molecule has 0 spiro atoms. The van der Waals surface area contributed by atoms with Gasteiger partial charge >= 0.3 is 5.97 Å². The van der Waals surface area contributed by atoms with Gasteiger partial charge in [-0.25, -0.2) is 4.79 Å². The molecule has 6 heteroatoms. The fraction of sp³-hybridized carbons (Fsp3) is 0.200. The first-order chi connectivity index (χ1) is 12.6. The van der Waals surface area contributed by atoms with Crippen LogP contribution in [0.25, 0.3) is 0 Å². The molecule has 2 rings (SSSR count). The second-order valence-electron chi connectivity index (χ2n) is 5.21. The van der Waals surface area contributed by atoms with E-state index in [0.717, 1.165) is 5.69 Å². The largest absolute Gasteiger partial charge is 0.493 e. The monoisotopic (exact) mass is 355 g/mol. The minimum Gasteiger partial charge on any atom is -0.493 e. The number of carbonyl (C=O) groups excluding carboxylic acids is 2. The number of esters is 1. The molecular formula is C20H21NO5. The van der Waals surface area contributed by atoms with Gasteiger partial charge in [-0.2, -0.15) is 0 Å². The lowest BCUT2D eigenvalue weighted by atomic mass is 10.1. The van der Waals surface area contributed by atoms with Crippen molar-refractivity contribution in [1.82, 2.24) is 0 Å². The minimum atomic E-state index is -0.363. The van der Waals surface area contributed by atoms with Gasteiger partial charge in [-0.15, -0.1) is 0 Å². The summed E-state index contributed by atoms with van der Waals surface area (Å²) >= 11 is 0. The molecular weight excluding hydrogens is 334 g/mol. The number of nitrogens with one attached hydrogen (secondary N) is 1. The van der Waals surface area contributed by atoms with Crippen LogP contribution in [0.15, 0.2) is 54.7 Å². The molecule has 0 heterocycles. The van der Waals surface area contributed by atoms with E-state index in [1.165, 1.54) is 20.3 Å². The zero-order chi connectivity index (χ0) is 18.9. The van der Waals surface area contributed by atoms with Crippen molar-refractivity contribution < 1.29 is 23.8 Å². The Hall–Kier alpha value is -3.28. The van der Waals surface area contributed by atoms with E-state index in [9.17, 15) is 9.59 Å². The molecule has 0 saturated carbocycles. The summed E-state index contributed by atoms with van der Waals surface area (Å²) in [5.74, 6) is 0.516. The van der Waals surface area contributed by atoms with Crippen LogP contribution >= 0.6 is 0 Å². The number of ether oxygens (including phenoxy) is 3. The molecule has 136 valence electrons. The number of benzene rings is 2. The summed E-state index contributed by atoms with van der Waals surface area (Å²) in [6, 6.07) is 11.8. The average molecular weight is 355 g/mol. The highest BCUT2D eigenvalue weighted by atomic mass is 16.5. The Morgan fingerprint density at radius 1 is 0.962 bits per heavy atom. The number of rotatable bonds is 8. The summed E-state index contributed by atoms with van der Waals surface area (Å²) in [6.07, 6.45) is 2.96. The van der Waals surface area contributed by atoms with Gasteiger partial charge in [0, 0.05) is 23.5 Å². The first-order valence-electron chi connectivity index (χ1n) is 8.05. The zero-order valence-electron chi connectivity index (χ0n) is 14.9. The molecule has 2 aromatic carbocycles. The lowest BCUT2D eigenvalue weighted by molar-refractivity contribution is 0.0526. The molecule has 2 aromatic rings. The lowest BCUT2D eigenvalue weighted by Gasteiger charge is -2.08. The highest BCUT2D eigenvalue weighted by Crippen LogP contribution is 2.27. The Kier molecular flexibility index (Phi) is 6.79. The third kappa shape index (κ3) is 4.86. The second-order valence-corrected chi connectivity index (χ2v) is 5.21. The van der Waals surface area contributed by atoms with Gasteiger partial charge in [0.2, 0.25) is 0 Å². The summed E-state index contributed by atoms with van der Waals surface area (Å²) in [5, 5.41) is 2.99. The van der Waals surface area contributed by atoms with Crippen LogP contribution in [0.4, 0.5) is 5.69 Å². The number of anilines is 1. The molecule has 0 aromatic heterocycles. The van der Waals surface area contributed by atoms with Crippen LogP contribution in [0.5, 0.6) is 11.5 Å². The summed E-state index contributed by atoms with van der Waals surface area (Å²) in [7, 11) is 3.06. The van der Waals surface area contributed by atoms with Crippen molar-refractivity contribution in [3.63, 3.8) is 0 Å². The normalized spacial score (nSPS) is 10.4. The molecule has 0 saturated heterocycles. The number of hydrogen-bond donors (Lipinski definition) is 1. The van der Waals surface area contributed by atoms with E-state index >= 15 is 0 Å². The Morgan fingerprint density at radius 3 is 2.23 bits per heavy atom. The molecule has 0 unspecified atom stereocenters. The standard InChI is InChI=1S/C20H21NO5/c1-4-26-20(23)14-5-8-16(9-6-14)21-12-11-17(22)15-7-10-18(24-2)19(13-15)25-3/h5-13,21H,4H2,1-3H3. The van der Waals surface area contributed by atoms with Crippen molar-refractivity contribution >= 4 is 17.4 Å². The SMILES string of the molecule is CCOC(=O)c1ccc(NC=CC(=O)c2ccc(OC)c(OC)c2)cc1. The number of allylic oxidation sites excluding steroid dienone is 1. The maximum atomic E-state index is 12.2. The Morgan fingerprint density at radius 2 is 1.62 bits per heavy atom. The van der Waals surface area contributed by atoms with E-state index in [2.05, 4.69) is 5.32 Å². The Balaban J connectivity index is 1.99. The van der Waals surface area contributed by atoms with Gasteiger partial charge < -0.3 is 19.5 Å². The molecule has 0 atom stereocenters. The highest BCUT2D eigenvalue weighted by molar-refractivity contribution is 6.05. The highest BCUT2D eigenvalue weighted by Gasteiger charge is 2.08. The van der Waals surface area contributed by atoms with Crippen LogP contribution in [0, 0.1) is 0 Å². The van der Waals surface area contributed by atoms with E-state index in [4.69, 9.17) is 14.2 Å². The van der Waals surface area contributed by atoms with E-state index in [0.29, 0.717) is 29.2 Å². The first-order valence-corrected chi connectivity index (χ1v) is 8.05. The van der Waals surface area contributed by atoms with Crippen LogP contribution in [0.2, 0.25) is 0 Å². The predicted molar refractivity (Wildman–Crippen MR) is 99.0 cm³/mol. The van der Waals surface area contributed by atoms with Gasteiger partial charge in [0.05, 0.1) is 26.4 Å². The molecule has 0 aliphatic heterocycles. The van der Waals surface area contributed by atoms with Crippen molar-refractivity contribution in [2.24, 2.45) is 0 Å². The Bertz CT molecular complexity index is 796. The third-order valence-electron chi connectivity index (χ3n) is 3.55. The van der Waals surface area contributed by atoms with E-state index in [-0.39, 0.29) is 11.8 Å². The topological polar surface area (TPSA) is 73.9 Å². The van der Waals surface area contributed by atoms with E-state index < -0.39 is 0 Å². The number of carbonyl (C=O) groups is 2. The maximum Gasteiger partial charge on any atom is 0.338 e. The van der Waals surface area contributed by atoms with Crippen molar-refractivity contribution in [2.75, 3.05) is 26.1 Å². The quantitative estimate of drug-likeness (QED) is 0.442. The molecule has 6 nitrogen and oxygen atoms in total. The van der Waals surface area contributed by atoms with Crippen LogP contribution < -0.4 is 14.8 Å². The molecule has 0 radical (unpaired) electrons. The van der Waals surface area contributed by atoms with Crippen molar-refractivity contribution in [3.8, 4) is 11.5 Å². The van der Waals surface area contributed by atoms with E-state index in [1.54, 1.807) is 55.6 Å². The second kappa shape index (κ2) is 9.27. The Labute approximate surface area is 152 Å². The summed E-state index contributed by atoms with van der Waals surface area (Å²) in [4.78, 5) is 23.8. The molecule has 0 aliphatic rings. The summed E-state index contributed by atoms with van der Waals surface area (Å²) < 4.78 is 15.3. The minimum absolute atomic E-state index is 0.179. The van der Waals surface area contributed by atoms with Crippen molar-refractivity contribution in [2.45, 2.75) is 6.92 Å². The zero-order valence-corrected chi connectivity index (χ0v) is 14.9.